The summed E-state index contributed by atoms with van der Waals surface area (Å²) < 4.78 is 5.35. The van der Waals surface area contributed by atoms with Crippen molar-refractivity contribution in [3.63, 3.8) is 0 Å². The molecule has 1 aromatic rings. The third-order valence-corrected chi connectivity index (χ3v) is 2.48. The molecule has 0 fully saturated rings. The summed E-state index contributed by atoms with van der Waals surface area (Å²) in [5.41, 5.74) is 0.633. The van der Waals surface area contributed by atoms with Crippen LogP contribution in [0.1, 0.15) is 6.92 Å². The fraction of sp³-hybridized carbons (Fsp3) is 0.273. The van der Waals surface area contributed by atoms with Gasteiger partial charge in [0.05, 0.1) is 7.11 Å². The standard InChI is InChI=1S/C11H13BrN2O3/c1-7(10(15)17-2)13-11(16)14-9-5-3-4-8(12)6-9/h3-7H,1-2H3,(H2,13,14,16). The number of carbonyl (C=O) groups excluding carboxylic acids is 2. The lowest BCUT2D eigenvalue weighted by molar-refractivity contribution is -0.142. The first-order valence-corrected chi connectivity index (χ1v) is 5.73. The van der Waals surface area contributed by atoms with Gasteiger partial charge >= 0.3 is 12.0 Å². The minimum Gasteiger partial charge on any atom is -0.467 e. The molecule has 0 saturated heterocycles. The maximum Gasteiger partial charge on any atom is 0.328 e. The van der Waals surface area contributed by atoms with E-state index in [9.17, 15) is 9.59 Å². The molecule has 0 aromatic heterocycles. The van der Waals surface area contributed by atoms with Gasteiger partial charge < -0.3 is 15.4 Å². The van der Waals surface area contributed by atoms with Crippen LogP contribution in [0.3, 0.4) is 0 Å². The first-order chi connectivity index (χ1) is 8.02. The van der Waals surface area contributed by atoms with Crippen LogP contribution in [0, 0.1) is 0 Å². The topological polar surface area (TPSA) is 67.4 Å². The smallest absolute Gasteiger partial charge is 0.328 e. The van der Waals surface area contributed by atoms with Gasteiger partial charge in [-0.15, -0.1) is 0 Å². The predicted octanol–water partition coefficient (Wildman–Crippen LogP) is 2.13. The van der Waals surface area contributed by atoms with Crippen molar-refractivity contribution in [2.75, 3.05) is 12.4 Å². The number of esters is 1. The summed E-state index contributed by atoms with van der Waals surface area (Å²) in [6, 6.07) is 5.99. The van der Waals surface area contributed by atoms with Gasteiger partial charge in [0.25, 0.3) is 0 Å². The molecule has 0 spiro atoms. The van der Waals surface area contributed by atoms with Gasteiger partial charge in [0.1, 0.15) is 6.04 Å². The first kappa shape index (κ1) is 13.5. The summed E-state index contributed by atoms with van der Waals surface area (Å²) >= 11 is 3.29. The van der Waals surface area contributed by atoms with Gasteiger partial charge in [0, 0.05) is 10.2 Å². The second kappa shape index (κ2) is 6.24. The molecule has 0 aliphatic heterocycles. The molecule has 2 N–H and O–H groups in total. The molecule has 5 nitrogen and oxygen atoms in total. The zero-order valence-corrected chi connectivity index (χ0v) is 11.1. The van der Waals surface area contributed by atoms with E-state index in [-0.39, 0.29) is 0 Å². The summed E-state index contributed by atoms with van der Waals surface area (Å²) in [6.45, 7) is 1.55. The lowest BCUT2D eigenvalue weighted by Crippen LogP contribution is -2.41. The molecule has 1 unspecified atom stereocenters. The Morgan fingerprint density at radius 3 is 2.71 bits per heavy atom. The van der Waals surface area contributed by atoms with E-state index in [1.807, 2.05) is 6.07 Å². The number of urea groups is 1. The zero-order valence-electron chi connectivity index (χ0n) is 9.49. The Bertz CT molecular complexity index is 423. The largest absolute Gasteiger partial charge is 0.467 e. The number of nitrogens with one attached hydrogen (secondary N) is 2. The maximum absolute atomic E-state index is 11.5. The fourth-order valence-electron chi connectivity index (χ4n) is 1.17. The highest BCUT2D eigenvalue weighted by Gasteiger charge is 2.15. The monoisotopic (exact) mass is 300 g/mol. The van der Waals surface area contributed by atoms with Crippen LogP contribution in [-0.2, 0) is 9.53 Å². The van der Waals surface area contributed by atoms with Crippen molar-refractivity contribution < 1.29 is 14.3 Å². The van der Waals surface area contributed by atoms with Crippen LogP contribution < -0.4 is 10.6 Å². The number of amides is 2. The molecular formula is C11H13BrN2O3. The van der Waals surface area contributed by atoms with Crippen molar-refractivity contribution >= 4 is 33.6 Å². The lowest BCUT2D eigenvalue weighted by Gasteiger charge is -2.12. The Labute approximate surface area is 108 Å². The maximum atomic E-state index is 11.5. The van der Waals surface area contributed by atoms with Crippen molar-refractivity contribution in [2.24, 2.45) is 0 Å². The molecular weight excluding hydrogens is 288 g/mol. The molecule has 92 valence electrons. The molecule has 1 rings (SSSR count). The van der Waals surface area contributed by atoms with Gasteiger partial charge in [0.15, 0.2) is 0 Å². The van der Waals surface area contributed by atoms with Gasteiger partial charge in [-0.3, -0.25) is 0 Å². The van der Waals surface area contributed by atoms with E-state index in [4.69, 9.17) is 0 Å². The highest BCUT2D eigenvalue weighted by Crippen LogP contribution is 2.15. The van der Waals surface area contributed by atoms with E-state index in [0.29, 0.717) is 5.69 Å². The second-order valence-electron chi connectivity index (χ2n) is 3.35. The number of halogens is 1. The molecule has 1 aromatic carbocycles. The van der Waals surface area contributed by atoms with Gasteiger partial charge in [-0.1, -0.05) is 22.0 Å². The molecule has 2 amide bonds. The van der Waals surface area contributed by atoms with E-state index in [1.165, 1.54) is 7.11 Å². The Morgan fingerprint density at radius 1 is 1.41 bits per heavy atom. The summed E-state index contributed by atoms with van der Waals surface area (Å²) in [7, 11) is 1.27. The van der Waals surface area contributed by atoms with Gasteiger partial charge in [-0.2, -0.15) is 0 Å². The molecule has 6 heteroatoms. The van der Waals surface area contributed by atoms with Crippen LogP contribution in [0.4, 0.5) is 10.5 Å². The van der Waals surface area contributed by atoms with Crippen LogP contribution >= 0.6 is 15.9 Å². The molecule has 1 atom stereocenters. The van der Waals surface area contributed by atoms with Crippen LogP contribution in [-0.4, -0.2) is 25.2 Å². The molecule has 17 heavy (non-hydrogen) atoms. The third-order valence-electron chi connectivity index (χ3n) is 1.98. The van der Waals surface area contributed by atoms with Crippen LogP contribution in [0.2, 0.25) is 0 Å². The van der Waals surface area contributed by atoms with Gasteiger partial charge in [-0.25, -0.2) is 9.59 Å². The van der Waals surface area contributed by atoms with Crippen molar-refractivity contribution in [1.82, 2.24) is 5.32 Å². The molecule has 0 radical (unpaired) electrons. The first-order valence-electron chi connectivity index (χ1n) is 4.94. The number of hydrogen-bond acceptors (Lipinski definition) is 3. The van der Waals surface area contributed by atoms with E-state index in [0.717, 1.165) is 4.47 Å². The van der Waals surface area contributed by atoms with E-state index in [2.05, 4.69) is 31.3 Å². The van der Waals surface area contributed by atoms with E-state index < -0.39 is 18.0 Å². The summed E-state index contributed by atoms with van der Waals surface area (Å²) in [6.07, 6.45) is 0. The number of anilines is 1. The van der Waals surface area contributed by atoms with Crippen molar-refractivity contribution in [1.29, 1.82) is 0 Å². The van der Waals surface area contributed by atoms with Crippen LogP contribution in [0.25, 0.3) is 0 Å². The average Bonchev–Trinajstić information content (AvgIpc) is 2.27. The Balaban J connectivity index is 2.53. The summed E-state index contributed by atoms with van der Waals surface area (Å²) in [4.78, 5) is 22.6. The SMILES string of the molecule is COC(=O)C(C)NC(=O)Nc1cccc(Br)c1. The predicted molar refractivity (Wildman–Crippen MR) is 67.8 cm³/mol. The number of methoxy groups -OCH3 is 1. The quantitative estimate of drug-likeness (QED) is 0.840. The molecule has 0 bridgehead atoms. The molecule has 0 aliphatic rings. The van der Waals surface area contributed by atoms with Crippen LogP contribution in [0.15, 0.2) is 28.7 Å². The average molecular weight is 301 g/mol. The van der Waals surface area contributed by atoms with Crippen molar-refractivity contribution in [3.05, 3.63) is 28.7 Å². The van der Waals surface area contributed by atoms with Gasteiger partial charge in [0.2, 0.25) is 0 Å². The zero-order chi connectivity index (χ0) is 12.8. The molecule has 0 heterocycles. The highest BCUT2D eigenvalue weighted by atomic mass is 79.9. The third kappa shape index (κ3) is 4.44. The number of hydrogen-bond donors (Lipinski definition) is 2. The van der Waals surface area contributed by atoms with Gasteiger partial charge in [-0.05, 0) is 25.1 Å². The summed E-state index contributed by atoms with van der Waals surface area (Å²) in [5.74, 6) is -0.491. The minimum atomic E-state index is -0.688. The fourth-order valence-corrected chi connectivity index (χ4v) is 1.56. The Hall–Kier alpha value is -1.56. The van der Waals surface area contributed by atoms with Crippen molar-refractivity contribution in [3.8, 4) is 0 Å². The highest BCUT2D eigenvalue weighted by molar-refractivity contribution is 9.10. The molecule has 0 aliphatic carbocycles. The second-order valence-corrected chi connectivity index (χ2v) is 4.27. The van der Waals surface area contributed by atoms with Crippen molar-refractivity contribution in [2.45, 2.75) is 13.0 Å². The minimum absolute atomic E-state index is 0.457. The normalized spacial score (nSPS) is 11.5. The Kier molecular flexibility index (Phi) is 4.96. The number of ether oxygens (including phenoxy) is 1. The summed E-state index contributed by atoms with van der Waals surface area (Å²) in [5, 5.41) is 5.06. The number of benzene rings is 1. The van der Waals surface area contributed by atoms with E-state index >= 15 is 0 Å². The van der Waals surface area contributed by atoms with E-state index in [1.54, 1.807) is 25.1 Å². The molecule has 0 saturated carbocycles. The number of carbonyl (C=O) groups is 2. The van der Waals surface area contributed by atoms with Crippen LogP contribution in [0.5, 0.6) is 0 Å². The lowest BCUT2D eigenvalue weighted by atomic mass is 10.3. The number of rotatable bonds is 3. The Morgan fingerprint density at radius 2 is 2.12 bits per heavy atom.